The van der Waals surface area contributed by atoms with Crippen molar-refractivity contribution in [2.75, 3.05) is 6.61 Å². The second-order valence-electron chi connectivity index (χ2n) is 4.84. The molecule has 5 nitrogen and oxygen atoms in total. The summed E-state index contributed by atoms with van der Waals surface area (Å²) in [7, 11) is 0. The van der Waals surface area contributed by atoms with Crippen LogP contribution in [0.1, 0.15) is 34.1 Å². The first-order valence-electron chi connectivity index (χ1n) is 6.78. The van der Waals surface area contributed by atoms with E-state index in [1.807, 2.05) is 13.0 Å². The summed E-state index contributed by atoms with van der Waals surface area (Å²) < 4.78 is 6.58. The molecule has 0 spiro atoms. The number of ether oxygens (including phenoxy) is 1. The van der Waals surface area contributed by atoms with Gasteiger partial charge in [0.15, 0.2) is 0 Å². The van der Waals surface area contributed by atoms with Crippen molar-refractivity contribution in [3.8, 4) is 5.69 Å². The molecule has 0 N–H and O–H groups in total. The Labute approximate surface area is 123 Å². The zero-order valence-corrected chi connectivity index (χ0v) is 12.6. The third-order valence-electron chi connectivity index (χ3n) is 3.38. The lowest BCUT2D eigenvalue weighted by Crippen LogP contribution is -2.25. The molecule has 0 amide bonds. The minimum Gasteiger partial charge on any atom is -0.462 e. The summed E-state index contributed by atoms with van der Waals surface area (Å²) in [6.07, 6.45) is 3.29. The number of pyridine rings is 2. The van der Waals surface area contributed by atoms with Crippen LogP contribution in [0.25, 0.3) is 5.69 Å². The van der Waals surface area contributed by atoms with E-state index in [0.717, 1.165) is 5.56 Å². The van der Waals surface area contributed by atoms with Gasteiger partial charge < -0.3 is 4.74 Å². The van der Waals surface area contributed by atoms with Gasteiger partial charge in [-0.3, -0.25) is 14.3 Å². The Balaban J connectivity index is 2.74. The van der Waals surface area contributed by atoms with Crippen LogP contribution in [0.2, 0.25) is 0 Å². The average molecular weight is 286 g/mol. The van der Waals surface area contributed by atoms with Crippen LogP contribution < -0.4 is 5.56 Å². The molecule has 0 bridgehead atoms. The molecule has 2 aromatic rings. The Bertz CT molecular complexity index is 748. The van der Waals surface area contributed by atoms with Crippen LogP contribution in [0, 0.1) is 20.8 Å². The molecule has 0 aliphatic carbocycles. The largest absolute Gasteiger partial charge is 0.462 e. The van der Waals surface area contributed by atoms with Crippen LogP contribution in [-0.4, -0.2) is 22.1 Å². The van der Waals surface area contributed by atoms with Crippen molar-refractivity contribution >= 4 is 5.97 Å². The maximum absolute atomic E-state index is 12.3. The summed E-state index contributed by atoms with van der Waals surface area (Å²) in [4.78, 5) is 28.5. The van der Waals surface area contributed by atoms with Gasteiger partial charge in [-0.1, -0.05) is 0 Å². The van der Waals surface area contributed by atoms with Gasteiger partial charge in [0, 0.05) is 18.0 Å². The summed E-state index contributed by atoms with van der Waals surface area (Å²) >= 11 is 0. The SMILES string of the molecule is CCOC(=O)c1c(C)cc(=O)n(-c2cnccc2C)c1C. The van der Waals surface area contributed by atoms with Gasteiger partial charge in [-0.05, 0) is 44.9 Å². The van der Waals surface area contributed by atoms with Gasteiger partial charge in [0.25, 0.3) is 5.56 Å². The van der Waals surface area contributed by atoms with E-state index in [1.54, 1.807) is 33.2 Å². The fraction of sp³-hybridized carbons (Fsp3) is 0.312. The third kappa shape index (κ3) is 2.72. The number of esters is 1. The molecule has 0 aliphatic rings. The molecule has 2 heterocycles. The number of carbonyl (C=O) groups is 1. The maximum Gasteiger partial charge on any atom is 0.340 e. The molecule has 0 atom stereocenters. The van der Waals surface area contributed by atoms with Crippen molar-refractivity contribution in [2.45, 2.75) is 27.7 Å². The molecule has 0 saturated carbocycles. The van der Waals surface area contributed by atoms with E-state index in [-0.39, 0.29) is 5.56 Å². The van der Waals surface area contributed by atoms with E-state index in [4.69, 9.17) is 4.74 Å². The third-order valence-corrected chi connectivity index (χ3v) is 3.38. The van der Waals surface area contributed by atoms with Gasteiger partial charge in [0.2, 0.25) is 0 Å². The van der Waals surface area contributed by atoms with Gasteiger partial charge in [-0.25, -0.2) is 4.79 Å². The van der Waals surface area contributed by atoms with Crippen molar-refractivity contribution < 1.29 is 9.53 Å². The lowest BCUT2D eigenvalue weighted by Gasteiger charge is -2.16. The highest BCUT2D eigenvalue weighted by Gasteiger charge is 2.19. The number of carbonyl (C=O) groups excluding carboxylic acids is 1. The molecular weight excluding hydrogens is 268 g/mol. The van der Waals surface area contributed by atoms with Crippen LogP contribution >= 0.6 is 0 Å². The second kappa shape index (κ2) is 5.91. The number of aryl methyl sites for hydroxylation is 2. The Morgan fingerprint density at radius 3 is 2.62 bits per heavy atom. The first kappa shape index (κ1) is 15.0. The van der Waals surface area contributed by atoms with Crippen molar-refractivity contribution in [3.63, 3.8) is 0 Å². The maximum atomic E-state index is 12.3. The van der Waals surface area contributed by atoms with E-state index in [2.05, 4.69) is 4.98 Å². The molecular formula is C16H18N2O3. The number of hydrogen-bond acceptors (Lipinski definition) is 4. The van der Waals surface area contributed by atoms with Crippen molar-refractivity contribution in [1.29, 1.82) is 0 Å². The lowest BCUT2D eigenvalue weighted by molar-refractivity contribution is 0.0523. The average Bonchev–Trinajstić information content (AvgIpc) is 2.40. The van der Waals surface area contributed by atoms with Crippen molar-refractivity contribution in [1.82, 2.24) is 9.55 Å². The quantitative estimate of drug-likeness (QED) is 0.812. The van der Waals surface area contributed by atoms with Gasteiger partial charge >= 0.3 is 5.97 Å². The van der Waals surface area contributed by atoms with E-state index < -0.39 is 5.97 Å². The van der Waals surface area contributed by atoms with Crippen LogP contribution in [0.15, 0.2) is 29.3 Å². The van der Waals surface area contributed by atoms with E-state index in [0.29, 0.717) is 29.1 Å². The molecule has 0 aliphatic heterocycles. The van der Waals surface area contributed by atoms with Crippen molar-refractivity contribution in [3.05, 3.63) is 57.3 Å². The van der Waals surface area contributed by atoms with Gasteiger partial charge in [-0.15, -0.1) is 0 Å². The standard InChI is InChI=1S/C16H18N2O3/c1-5-21-16(20)15-11(3)8-14(19)18(12(15)4)13-9-17-7-6-10(13)2/h6-9H,5H2,1-4H3. The number of nitrogens with zero attached hydrogens (tertiary/aromatic N) is 2. The first-order valence-corrected chi connectivity index (χ1v) is 6.78. The zero-order valence-electron chi connectivity index (χ0n) is 12.6. The van der Waals surface area contributed by atoms with Crippen LogP contribution in [-0.2, 0) is 4.74 Å². The van der Waals surface area contributed by atoms with Gasteiger partial charge in [0.05, 0.1) is 24.1 Å². The topological polar surface area (TPSA) is 61.2 Å². The molecule has 5 heteroatoms. The van der Waals surface area contributed by atoms with Gasteiger partial charge in [0.1, 0.15) is 0 Å². The van der Waals surface area contributed by atoms with E-state index in [9.17, 15) is 9.59 Å². The normalized spacial score (nSPS) is 10.5. The fourth-order valence-corrected chi connectivity index (χ4v) is 2.39. The number of rotatable bonds is 3. The Kier molecular flexibility index (Phi) is 4.21. The van der Waals surface area contributed by atoms with Crippen molar-refractivity contribution in [2.24, 2.45) is 0 Å². The summed E-state index contributed by atoms with van der Waals surface area (Å²) in [6, 6.07) is 3.27. The molecule has 0 saturated heterocycles. The minimum absolute atomic E-state index is 0.186. The van der Waals surface area contributed by atoms with Crippen LogP contribution in [0.5, 0.6) is 0 Å². The summed E-state index contributed by atoms with van der Waals surface area (Å²) in [6.45, 7) is 7.42. The summed E-state index contributed by atoms with van der Waals surface area (Å²) in [5.74, 6) is -0.414. The smallest absolute Gasteiger partial charge is 0.340 e. The van der Waals surface area contributed by atoms with Crippen LogP contribution in [0.4, 0.5) is 0 Å². The highest BCUT2D eigenvalue weighted by Crippen LogP contribution is 2.18. The number of aromatic nitrogens is 2. The molecule has 0 aromatic carbocycles. The molecule has 110 valence electrons. The number of hydrogen-bond donors (Lipinski definition) is 0. The Morgan fingerprint density at radius 2 is 2.00 bits per heavy atom. The fourth-order valence-electron chi connectivity index (χ4n) is 2.39. The second-order valence-corrected chi connectivity index (χ2v) is 4.84. The minimum atomic E-state index is -0.414. The zero-order chi connectivity index (χ0) is 15.6. The Hall–Kier alpha value is -2.43. The molecule has 2 rings (SSSR count). The molecule has 21 heavy (non-hydrogen) atoms. The molecule has 0 fully saturated rings. The highest BCUT2D eigenvalue weighted by atomic mass is 16.5. The molecule has 0 unspecified atom stereocenters. The summed E-state index contributed by atoms with van der Waals surface area (Å²) in [5, 5.41) is 0. The van der Waals surface area contributed by atoms with E-state index in [1.165, 1.54) is 10.6 Å². The Morgan fingerprint density at radius 1 is 1.29 bits per heavy atom. The van der Waals surface area contributed by atoms with E-state index >= 15 is 0 Å². The molecule has 2 aromatic heterocycles. The predicted octanol–water partition coefficient (Wildman–Crippen LogP) is 2.33. The van der Waals surface area contributed by atoms with Crippen LogP contribution in [0.3, 0.4) is 0 Å². The molecule has 0 radical (unpaired) electrons. The lowest BCUT2D eigenvalue weighted by atomic mass is 10.1. The predicted molar refractivity (Wildman–Crippen MR) is 80.0 cm³/mol. The summed E-state index contributed by atoms with van der Waals surface area (Å²) in [5.41, 5.74) is 3.01. The first-order chi connectivity index (χ1) is 9.97. The monoisotopic (exact) mass is 286 g/mol. The highest BCUT2D eigenvalue weighted by molar-refractivity contribution is 5.92. The van der Waals surface area contributed by atoms with Gasteiger partial charge in [-0.2, -0.15) is 0 Å².